The molecule has 2 rings (SSSR count). The number of carbonyl (C=O) groups excluding carboxylic acids is 3. The molecule has 6 heteroatoms. The van der Waals surface area contributed by atoms with Crippen molar-refractivity contribution in [2.45, 2.75) is 19.4 Å². The van der Waals surface area contributed by atoms with E-state index >= 15 is 0 Å². The summed E-state index contributed by atoms with van der Waals surface area (Å²) in [5.74, 6) is -1.11. The Labute approximate surface area is 165 Å². The number of rotatable bonds is 7. The van der Waals surface area contributed by atoms with Gasteiger partial charge in [-0.3, -0.25) is 14.4 Å². The van der Waals surface area contributed by atoms with Crippen molar-refractivity contribution in [3.05, 3.63) is 77.5 Å². The molecule has 0 saturated carbocycles. The van der Waals surface area contributed by atoms with Crippen LogP contribution in [0.4, 0.5) is 0 Å². The summed E-state index contributed by atoms with van der Waals surface area (Å²) in [7, 11) is 3.28. The zero-order valence-corrected chi connectivity index (χ0v) is 16.3. The number of nitrogens with zero attached hydrogens (tertiary/aromatic N) is 1. The summed E-state index contributed by atoms with van der Waals surface area (Å²) < 4.78 is 0. The molecule has 0 aliphatic heterocycles. The topological polar surface area (TPSA) is 78.5 Å². The van der Waals surface area contributed by atoms with Gasteiger partial charge in [-0.15, -0.1) is 0 Å². The van der Waals surface area contributed by atoms with Crippen LogP contribution in [0.3, 0.4) is 0 Å². The first kappa shape index (κ1) is 20.9. The van der Waals surface area contributed by atoms with E-state index in [4.69, 9.17) is 0 Å². The molecule has 0 fully saturated rings. The lowest BCUT2D eigenvalue weighted by Crippen LogP contribution is -2.49. The average molecular weight is 379 g/mol. The van der Waals surface area contributed by atoms with Crippen LogP contribution in [0, 0.1) is 0 Å². The lowest BCUT2D eigenvalue weighted by atomic mass is 10.0. The van der Waals surface area contributed by atoms with Gasteiger partial charge in [0.15, 0.2) is 0 Å². The summed E-state index contributed by atoms with van der Waals surface area (Å²) in [5, 5.41) is 5.31. The van der Waals surface area contributed by atoms with E-state index < -0.39 is 11.9 Å². The fourth-order valence-electron chi connectivity index (χ4n) is 2.66. The van der Waals surface area contributed by atoms with Gasteiger partial charge in [-0.25, -0.2) is 0 Å². The number of hydrogen-bond donors (Lipinski definition) is 2. The van der Waals surface area contributed by atoms with Crippen LogP contribution in [0.25, 0.3) is 6.08 Å². The van der Waals surface area contributed by atoms with E-state index in [9.17, 15) is 14.4 Å². The van der Waals surface area contributed by atoms with Gasteiger partial charge in [0.05, 0.1) is 0 Å². The fraction of sp³-hybridized carbons (Fsp3) is 0.227. The molecule has 0 aliphatic carbocycles. The van der Waals surface area contributed by atoms with E-state index in [0.717, 1.165) is 11.1 Å². The molecule has 0 saturated heterocycles. The summed E-state index contributed by atoms with van der Waals surface area (Å²) in [5.41, 5.74) is 1.78. The van der Waals surface area contributed by atoms with Crippen LogP contribution in [0.5, 0.6) is 0 Å². The summed E-state index contributed by atoms with van der Waals surface area (Å²) >= 11 is 0. The van der Waals surface area contributed by atoms with Crippen molar-refractivity contribution in [3.63, 3.8) is 0 Å². The smallest absolute Gasteiger partial charge is 0.268 e. The first-order valence-electron chi connectivity index (χ1n) is 8.97. The fourth-order valence-corrected chi connectivity index (χ4v) is 2.66. The van der Waals surface area contributed by atoms with E-state index in [2.05, 4.69) is 10.6 Å². The molecule has 0 bridgehead atoms. The third-order valence-electron chi connectivity index (χ3n) is 3.99. The van der Waals surface area contributed by atoms with Gasteiger partial charge in [0.1, 0.15) is 11.7 Å². The van der Waals surface area contributed by atoms with E-state index in [1.807, 2.05) is 60.7 Å². The Morgan fingerprint density at radius 2 is 1.54 bits per heavy atom. The Balaban J connectivity index is 2.26. The summed E-state index contributed by atoms with van der Waals surface area (Å²) in [6.07, 6.45) is 1.93. The van der Waals surface area contributed by atoms with Crippen molar-refractivity contribution >= 4 is 23.8 Å². The average Bonchev–Trinajstić information content (AvgIpc) is 2.67. The Hall–Kier alpha value is -3.41. The molecule has 2 aromatic carbocycles. The molecule has 0 spiro atoms. The second-order valence-electron chi connectivity index (χ2n) is 6.60. The van der Waals surface area contributed by atoms with Crippen molar-refractivity contribution in [1.82, 2.24) is 15.5 Å². The van der Waals surface area contributed by atoms with Crippen LogP contribution < -0.4 is 10.6 Å². The third kappa shape index (κ3) is 6.39. The molecule has 6 nitrogen and oxygen atoms in total. The SMILES string of the molecule is CC(=O)NC(=Cc1ccccc1)C(=O)N[C@@H](Cc1ccccc1)C(=O)N(C)C. The van der Waals surface area contributed by atoms with Crippen LogP contribution in [-0.2, 0) is 20.8 Å². The molecule has 28 heavy (non-hydrogen) atoms. The Kier molecular flexibility index (Phi) is 7.51. The largest absolute Gasteiger partial charge is 0.347 e. The van der Waals surface area contributed by atoms with Gasteiger partial charge in [0.2, 0.25) is 11.8 Å². The minimum absolute atomic E-state index is 0.0864. The van der Waals surface area contributed by atoms with Crippen LogP contribution in [0.15, 0.2) is 66.4 Å². The van der Waals surface area contributed by atoms with E-state index in [0.29, 0.717) is 6.42 Å². The maximum absolute atomic E-state index is 12.8. The van der Waals surface area contributed by atoms with Crippen molar-refractivity contribution in [3.8, 4) is 0 Å². The molecule has 0 aliphatic rings. The lowest BCUT2D eigenvalue weighted by molar-refractivity contribution is -0.133. The predicted molar refractivity (Wildman–Crippen MR) is 109 cm³/mol. The highest BCUT2D eigenvalue weighted by atomic mass is 16.2. The second-order valence-corrected chi connectivity index (χ2v) is 6.60. The Morgan fingerprint density at radius 3 is 2.07 bits per heavy atom. The monoisotopic (exact) mass is 379 g/mol. The molecular formula is C22H25N3O3. The van der Waals surface area contributed by atoms with Crippen LogP contribution >= 0.6 is 0 Å². The number of benzene rings is 2. The van der Waals surface area contributed by atoms with E-state index in [1.165, 1.54) is 11.8 Å². The Morgan fingerprint density at radius 1 is 0.964 bits per heavy atom. The number of amides is 3. The maximum atomic E-state index is 12.8. The molecule has 146 valence electrons. The second kappa shape index (κ2) is 10.1. The summed E-state index contributed by atoms with van der Waals surface area (Å²) in [4.78, 5) is 38.4. The van der Waals surface area contributed by atoms with Gasteiger partial charge in [0, 0.05) is 27.4 Å². The molecule has 1 atom stereocenters. The molecule has 0 heterocycles. The molecule has 2 N–H and O–H groups in total. The van der Waals surface area contributed by atoms with Crippen LogP contribution in [0.2, 0.25) is 0 Å². The minimum Gasteiger partial charge on any atom is -0.347 e. The third-order valence-corrected chi connectivity index (χ3v) is 3.99. The van der Waals surface area contributed by atoms with Crippen LogP contribution in [0.1, 0.15) is 18.1 Å². The van der Waals surface area contributed by atoms with Gasteiger partial charge in [0.25, 0.3) is 5.91 Å². The quantitative estimate of drug-likeness (QED) is 0.722. The molecule has 0 aromatic heterocycles. The molecule has 3 amide bonds. The lowest BCUT2D eigenvalue weighted by Gasteiger charge is -2.22. The van der Waals surface area contributed by atoms with Crippen molar-refractivity contribution in [1.29, 1.82) is 0 Å². The zero-order chi connectivity index (χ0) is 20.5. The summed E-state index contributed by atoms with van der Waals surface area (Å²) in [6.45, 7) is 1.33. The molecule has 0 unspecified atom stereocenters. The highest BCUT2D eigenvalue weighted by Crippen LogP contribution is 2.08. The van der Waals surface area contributed by atoms with Gasteiger partial charge >= 0.3 is 0 Å². The highest BCUT2D eigenvalue weighted by molar-refractivity contribution is 6.02. The summed E-state index contributed by atoms with van der Waals surface area (Å²) in [6, 6.07) is 17.9. The van der Waals surface area contributed by atoms with Gasteiger partial charge in [-0.1, -0.05) is 60.7 Å². The number of hydrogen-bond acceptors (Lipinski definition) is 3. The standard InChI is InChI=1S/C22H25N3O3/c1-16(26)23-19(14-17-10-6-4-7-11-17)21(27)24-20(22(28)25(2)3)15-18-12-8-5-9-13-18/h4-14,20H,15H2,1-3H3,(H,23,26)(H,24,27)/t20-/m0/s1. The zero-order valence-electron chi connectivity index (χ0n) is 16.3. The molecule has 2 aromatic rings. The van der Waals surface area contributed by atoms with Gasteiger partial charge < -0.3 is 15.5 Å². The van der Waals surface area contributed by atoms with Gasteiger partial charge in [-0.2, -0.15) is 0 Å². The van der Waals surface area contributed by atoms with Gasteiger partial charge in [-0.05, 0) is 17.2 Å². The highest BCUT2D eigenvalue weighted by Gasteiger charge is 2.24. The Bertz CT molecular complexity index is 846. The van der Waals surface area contributed by atoms with E-state index in [1.54, 1.807) is 20.2 Å². The number of likely N-dealkylation sites (N-methyl/N-ethyl adjacent to an activating group) is 1. The van der Waals surface area contributed by atoms with Crippen molar-refractivity contribution in [2.24, 2.45) is 0 Å². The normalized spacial score (nSPS) is 12.0. The van der Waals surface area contributed by atoms with Crippen molar-refractivity contribution in [2.75, 3.05) is 14.1 Å². The molecule has 0 radical (unpaired) electrons. The maximum Gasteiger partial charge on any atom is 0.268 e. The molecular weight excluding hydrogens is 354 g/mol. The minimum atomic E-state index is -0.752. The number of carbonyl (C=O) groups is 3. The first-order chi connectivity index (χ1) is 13.4. The van der Waals surface area contributed by atoms with E-state index in [-0.39, 0.29) is 17.5 Å². The number of nitrogens with one attached hydrogen (secondary N) is 2. The van der Waals surface area contributed by atoms with Crippen LogP contribution in [-0.4, -0.2) is 42.8 Å². The van der Waals surface area contributed by atoms with Crippen molar-refractivity contribution < 1.29 is 14.4 Å². The first-order valence-corrected chi connectivity index (χ1v) is 8.97. The predicted octanol–water partition coefficient (Wildman–Crippen LogP) is 1.98.